The molecule has 1 fully saturated rings. The summed E-state index contributed by atoms with van der Waals surface area (Å²) in [5, 5.41) is 5.35. The highest BCUT2D eigenvalue weighted by atomic mass is 32.2. The molecule has 1 aromatic carbocycles. The molecule has 2 amide bonds. The quantitative estimate of drug-likeness (QED) is 0.771. The van der Waals surface area contributed by atoms with E-state index < -0.39 is 22.0 Å². The van der Waals surface area contributed by atoms with Gasteiger partial charge >= 0.3 is 0 Å². The minimum atomic E-state index is -3.83. The SMILES string of the molecule is CC(C)CNC(=O)CC1C(=O)NCCN1S(=O)(=O)c1ccccc1. The molecular weight excluding hydrogens is 330 g/mol. The Labute approximate surface area is 142 Å². The maximum absolute atomic E-state index is 12.8. The molecule has 1 saturated heterocycles. The van der Waals surface area contributed by atoms with Gasteiger partial charge in [-0.15, -0.1) is 0 Å². The average molecular weight is 353 g/mol. The van der Waals surface area contributed by atoms with Crippen LogP contribution in [0.3, 0.4) is 0 Å². The summed E-state index contributed by atoms with van der Waals surface area (Å²) in [6.45, 7) is 4.78. The van der Waals surface area contributed by atoms with Gasteiger partial charge in [0.1, 0.15) is 6.04 Å². The van der Waals surface area contributed by atoms with Crippen molar-refractivity contribution in [3.63, 3.8) is 0 Å². The molecule has 0 radical (unpaired) electrons. The van der Waals surface area contributed by atoms with E-state index in [9.17, 15) is 18.0 Å². The first-order valence-corrected chi connectivity index (χ1v) is 9.37. The molecule has 8 heteroatoms. The molecule has 24 heavy (non-hydrogen) atoms. The number of hydrogen-bond acceptors (Lipinski definition) is 4. The lowest BCUT2D eigenvalue weighted by Crippen LogP contribution is -2.58. The molecule has 0 saturated carbocycles. The molecule has 1 unspecified atom stereocenters. The molecule has 1 atom stereocenters. The van der Waals surface area contributed by atoms with Gasteiger partial charge in [0, 0.05) is 19.6 Å². The van der Waals surface area contributed by atoms with Gasteiger partial charge in [0.2, 0.25) is 21.8 Å². The molecule has 0 aromatic heterocycles. The van der Waals surface area contributed by atoms with Crippen LogP contribution in [0.15, 0.2) is 35.2 Å². The number of benzene rings is 1. The second-order valence-corrected chi connectivity index (χ2v) is 8.03. The Balaban J connectivity index is 2.20. The van der Waals surface area contributed by atoms with Crippen LogP contribution in [0.4, 0.5) is 0 Å². The predicted octanol–water partition coefficient (Wildman–Crippen LogP) is 0.338. The number of piperazine rings is 1. The largest absolute Gasteiger partial charge is 0.356 e. The van der Waals surface area contributed by atoms with E-state index in [1.807, 2.05) is 13.8 Å². The van der Waals surface area contributed by atoms with Crippen LogP contribution in [0.5, 0.6) is 0 Å². The van der Waals surface area contributed by atoms with Crippen LogP contribution in [0.2, 0.25) is 0 Å². The number of carbonyl (C=O) groups excluding carboxylic acids is 2. The molecule has 7 nitrogen and oxygen atoms in total. The normalized spacial score (nSPS) is 19.1. The van der Waals surface area contributed by atoms with Crippen LogP contribution < -0.4 is 10.6 Å². The first-order valence-electron chi connectivity index (χ1n) is 7.93. The molecule has 1 aromatic rings. The van der Waals surface area contributed by atoms with Gasteiger partial charge in [-0.2, -0.15) is 4.31 Å². The van der Waals surface area contributed by atoms with Crippen LogP contribution in [-0.4, -0.2) is 50.2 Å². The van der Waals surface area contributed by atoms with Crippen LogP contribution >= 0.6 is 0 Å². The molecule has 1 aliphatic rings. The Morgan fingerprint density at radius 3 is 2.62 bits per heavy atom. The molecule has 132 valence electrons. The third-order valence-corrected chi connectivity index (χ3v) is 5.64. The van der Waals surface area contributed by atoms with Gasteiger partial charge < -0.3 is 10.6 Å². The fraction of sp³-hybridized carbons (Fsp3) is 0.500. The zero-order valence-corrected chi connectivity index (χ0v) is 14.7. The lowest BCUT2D eigenvalue weighted by atomic mass is 10.1. The summed E-state index contributed by atoms with van der Waals surface area (Å²) in [7, 11) is -3.83. The third kappa shape index (κ3) is 4.33. The predicted molar refractivity (Wildman–Crippen MR) is 89.6 cm³/mol. The molecular formula is C16H23N3O4S. The number of rotatable bonds is 6. The summed E-state index contributed by atoms with van der Waals surface area (Å²) in [5.74, 6) is -0.502. The number of hydrogen-bond donors (Lipinski definition) is 2. The smallest absolute Gasteiger partial charge is 0.243 e. The molecule has 1 aliphatic heterocycles. The Hall–Kier alpha value is -1.93. The molecule has 1 heterocycles. The summed E-state index contributed by atoms with van der Waals surface area (Å²) < 4.78 is 26.7. The van der Waals surface area contributed by atoms with Crippen molar-refractivity contribution in [2.24, 2.45) is 5.92 Å². The Morgan fingerprint density at radius 1 is 1.33 bits per heavy atom. The summed E-state index contributed by atoms with van der Waals surface area (Å²) >= 11 is 0. The second kappa shape index (κ2) is 7.76. The summed E-state index contributed by atoms with van der Waals surface area (Å²) in [4.78, 5) is 24.3. The topological polar surface area (TPSA) is 95.6 Å². The highest BCUT2D eigenvalue weighted by molar-refractivity contribution is 7.89. The van der Waals surface area contributed by atoms with Gasteiger partial charge in [0.25, 0.3) is 0 Å². The zero-order chi connectivity index (χ0) is 17.7. The van der Waals surface area contributed by atoms with E-state index >= 15 is 0 Å². The van der Waals surface area contributed by atoms with Crippen molar-refractivity contribution in [2.45, 2.75) is 31.2 Å². The van der Waals surface area contributed by atoms with E-state index in [-0.39, 0.29) is 36.2 Å². The van der Waals surface area contributed by atoms with Gasteiger partial charge in [0.05, 0.1) is 11.3 Å². The van der Waals surface area contributed by atoms with Gasteiger partial charge in [0.15, 0.2) is 0 Å². The maximum atomic E-state index is 12.8. The first-order chi connectivity index (χ1) is 11.3. The Bertz CT molecular complexity index is 689. The first kappa shape index (κ1) is 18.4. The van der Waals surface area contributed by atoms with Crippen molar-refractivity contribution in [1.82, 2.24) is 14.9 Å². The molecule has 0 spiro atoms. The van der Waals surface area contributed by atoms with Gasteiger partial charge in [-0.3, -0.25) is 9.59 Å². The lowest BCUT2D eigenvalue weighted by Gasteiger charge is -2.33. The number of amides is 2. The minimum absolute atomic E-state index is 0.118. The summed E-state index contributed by atoms with van der Waals surface area (Å²) in [6, 6.07) is 6.91. The maximum Gasteiger partial charge on any atom is 0.243 e. The van der Waals surface area contributed by atoms with Crippen LogP contribution in [0.1, 0.15) is 20.3 Å². The van der Waals surface area contributed by atoms with Crippen molar-refractivity contribution in [1.29, 1.82) is 0 Å². The van der Waals surface area contributed by atoms with Crippen molar-refractivity contribution < 1.29 is 18.0 Å². The number of nitrogens with zero attached hydrogens (tertiary/aromatic N) is 1. The number of nitrogens with one attached hydrogen (secondary N) is 2. The molecule has 2 rings (SSSR count). The van der Waals surface area contributed by atoms with Crippen LogP contribution in [-0.2, 0) is 19.6 Å². The van der Waals surface area contributed by atoms with Gasteiger partial charge in [-0.1, -0.05) is 32.0 Å². The van der Waals surface area contributed by atoms with E-state index in [2.05, 4.69) is 10.6 Å². The Morgan fingerprint density at radius 2 is 2.00 bits per heavy atom. The van der Waals surface area contributed by atoms with Crippen molar-refractivity contribution in [3.8, 4) is 0 Å². The van der Waals surface area contributed by atoms with E-state index in [0.29, 0.717) is 6.54 Å². The molecule has 0 aliphatic carbocycles. The Kier molecular flexibility index (Phi) is 5.95. The summed E-state index contributed by atoms with van der Waals surface area (Å²) in [5.41, 5.74) is 0. The summed E-state index contributed by atoms with van der Waals surface area (Å²) in [6.07, 6.45) is -0.190. The van der Waals surface area contributed by atoms with Crippen LogP contribution in [0.25, 0.3) is 0 Å². The number of carbonyl (C=O) groups is 2. The van der Waals surface area contributed by atoms with E-state index in [0.717, 1.165) is 4.31 Å². The zero-order valence-electron chi connectivity index (χ0n) is 13.9. The third-order valence-electron chi connectivity index (χ3n) is 3.72. The van der Waals surface area contributed by atoms with E-state index in [1.165, 1.54) is 12.1 Å². The highest BCUT2D eigenvalue weighted by Gasteiger charge is 2.39. The highest BCUT2D eigenvalue weighted by Crippen LogP contribution is 2.21. The average Bonchev–Trinajstić information content (AvgIpc) is 2.55. The monoisotopic (exact) mass is 353 g/mol. The fourth-order valence-electron chi connectivity index (χ4n) is 2.47. The van der Waals surface area contributed by atoms with Crippen molar-refractivity contribution in [2.75, 3.05) is 19.6 Å². The van der Waals surface area contributed by atoms with Crippen LogP contribution in [0, 0.1) is 5.92 Å². The van der Waals surface area contributed by atoms with Crippen molar-refractivity contribution >= 4 is 21.8 Å². The van der Waals surface area contributed by atoms with Gasteiger partial charge in [-0.25, -0.2) is 8.42 Å². The number of sulfonamides is 1. The van der Waals surface area contributed by atoms with Gasteiger partial charge in [-0.05, 0) is 18.1 Å². The fourth-order valence-corrected chi connectivity index (χ4v) is 4.08. The second-order valence-electron chi connectivity index (χ2n) is 6.14. The van der Waals surface area contributed by atoms with E-state index in [4.69, 9.17) is 0 Å². The van der Waals surface area contributed by atoms with Crippen molar-refractivity contribution in [3.05, 3.63) is 30.3 Å². The molecule has 2 N–H and O–H groups in total. The lowest BCUT2D eigenvalue weighted by molar-refractivity contribution is -0.131. The minimum Gasteiger partial charge on any atom is -0.356 e. The molecule has 0 bridgehead atoms. The van der Waals surface area contributed by atoms with E-state index in [1.54, 1.807) is 18.2 Å². The standard InChI is InChI=1S/C16H23N3O4S/c1-12(2)11-18-15(20)10-14-16(21)17-8-9-19(14)24(22,23)13-6-4-3-5-7-13/h3-7,12,14H,8-11H2,1-2H3,(H,17,21)(H,18,20).